The lowest BCUT2D eigenvalue weighted by Gasteiger charge is -2.25. The Hall–Kier alpha value is -1.62. The van der Waals surface area contributed by atoms with Gasteiger partial charge in [-0.2, -0.15) is 0 Å². The number of nitrogens with one attached hydrogen (secondary N) is 1. The highest BCUT2D eigenvalue weighted by molar-refractivity contribution is 5.95. The number of aryl methyl sites for hydroxylation is 1. The Morgan fingerprint density at radius 1 is 1.44 bits per heavy atom. The maximum absolute atomic E-state index is 11.9. The van der Waals surface area contributed by atoms with E-state index in [1.165, 1.54) is 10.6 Å². The van der Waals surface area contributed by atoms with Gasteiger partial charge in [-0.15, -0.1) is 0 Å². The van der Waals surface area contributed by atoms with E-state index in [9.17, 15) is 9.59 Å². The zero-order valence-corrected chi connectivity index (χ0v) is 11.4. The van der Waals surface area contributed by atoms with Gasteiger partial charge in [0.05, 0.1) is 11.7 Å². The summed E-state index contributed by atoms with van der Waals surface area (Å²) in [6.07, 6.45) is 1.62. The van der Waals surface area contributed by atoms with Crippen LogP contribution in [0.1, 0.15) is 27.7 Å². The normalized spacial score (nSPS) is 13.2. The summed E-state index contributed by atoms with van der Waals surface area (Å²) in [6.45, 7) is 8.15. The van der Waals surface area contributed by atoms with Crippen molar-refractivity contribution >= 4 is 11.6 Å². The third kappa shape index (κ3) is 3.43. The zero-order valence-electron chi connectivity index (χ0n) is 11.4. The molecule has 0 unspecified atom stereocenters. The molecular weight excluding hydrogens is 230 g/mol. The summed E-state index contributed by atoms with van der Waals surface area (Å²) in [7, 11) is 0. The average molecular weight is 251 g/mol. The van der Waals surface area contributed by atoms with Crippen molar-refractivity contribution in [3.8, 4) is 0 Å². The van der Waals surface area contributed by atoms with E-state index in [4.69, 9.17) is 5.73 Å². The van der Waals surface area contributed by atoms with Gasteiger partial charge < -0.3 is 15.6 Å². The fourth-order valence-electron chi connectivity index (χ4n) is 1.47. The van der Waals surface area contributed by atoms with E-state index < -0.39 is 6.04 Å². The first-order valence-corrected chi connectivity index (χ1v) is 6.02. The van der Waals surface area contributed by atoms with E-state index in [0.717, 1.165) is 0 Å². The Kier molecular flexibility index (Phi) is 4.29. The molecule has 100 valence electrons. The maximum atomic E-state index is 11.9. The van der Waals surface area contributed by atoms with Gasteiger partial charge >= 0.3 is 0 Å². The number of amides is 1. The molecule has 0 aliphatic rings. The van der Waals surface area contributed by atoms with Gasteiger partial charge in [-0.25, -0.2) is 0 Å². The van der Waals surface area contributed by atoms with Gasteiger partial charge in [0.1, 0.15) is 0 Å². The number of carbonyl (C=O) groups is 1. The molecule has 0 fully saturated rings. The summed E-state index contributed by atoms with van der Waals surface area (Å²) < 4.78 is 1.53. The van der Waals surface area contributed by atoms with Crippen molar-refractivity contribution in [1.29, 1.82) is 0 Å². The number of pyridine rings is 1. The molecule has 0 spiro atoms. The van der Waals surface area contributed by atoms with Gasteiger partial charge in [-0.1, -0.05) is 20.8 Å². The van der Waals surface area contributed by atoms with Gasteiger partial charge in [-0.3, -0.25) is 9.59 Å². The third-order valence-electron chi connectivity index (χ3n) is 2.81. The maximum Gasteiger partial charge on any atom is 0.250 e. The second-order valence-electron chi connectivity index (χ2n) is 5.37. The van der Waals surface area contributed by atoms with Crippen LogP contribution in [0.3, 0.4) is 0 Å². The zero-order chi connectivity index (χ0) is 13.9. The molecule has 0 radical (unpaired) electrons. The Bertz CT molecular complexity index is 486. The largest absolute Gasteiger partial charge is 0.323 e. The molecule has 1 atom stereocenters. The Labute approximate surface area is 107 Å². The molecule has 0 aromatic carbocycles. The molecule has 1 rings (SSSR count). The van der Waals surface area contributed by atoms with E-state index in [0.29, 0.717) is 12.2 Å². The van der Waals surface area contributed by atoms with Gasteiger partial charge in [-0.05, 0) is 18.4 Å². The molecule has 0 aliphatic heterocycles. The Morgan fingerprint density at radius 2 is 2.06 bits per heavy atom. The third-order valence-corrected chi connectivity index (χ3v) is 2.81. The highest BCUT2D eigenvalue weighted by Gasteiger charge is 2.27. The SMILES string of the molecule is CCn1cc(NC(=O)[C@H](N)C(C)(C)C)ccc1=O. The van der Waals surface area contributed by atoms with Crippen LogP contribution in [0.15, 0.2) is 23.1 Å². The fraction of sp³-hybridized carbons (Fsp3) is 0.538. The smallest absolute Gasteiger partial charge is 0.250 e. The van der Waals surface area contributed by atoms with Crippen LogP contribution in [0.5, 0.6) is 0 Å². The summed E-state index contributed by atoms with van der Waals surface area (Å²) >= 11 is 0. The number of nitrogens with two attached hydrogens (primary N) is 1. The second-order valence-corrected chi connectivity index (χ2v) is 5.37. The van der Waals surface area contributed by atoms with E-state index in [2.05, 4.69) is 5.32 Å². The van der Waals surface area contributed by atoms with Crippen LogP contribution in [0.4, 0.5) is 5.69 Å². The lowest BCUT2D eigenvalue weighted by molar-refractivity contribution is -0.119. The monoisotopic (exact) mass is 251 g/mol. The van der Waals surface area contributed by atoms with Crippen LogP contribution < -0.4 is 16.6 Å². The van der Waals surface area contributed by atoms with E-state index in [1.807, 2.05) is 27.7 Å². The molecule has 0 saturated carbocycles. The molecule has 18 heavy (non-hydrogen) atoms. The Morgan fingerprint density at radius 3 is 2.56 bits per heavy atom. The van der Waals surface area contributed by atoms with E-state index in [1.54, 1.807) is 12.3 Å². The first-order chi connectivity index (χ1) is 8.25. The lowest BCUT2D eigenvalue weighted by atomic mass is 9.87. The van der Waals surface area contributed by atoms with Gasteiger partial charge in [0.2, 0.25) is 5.91 Å². The number of rotatable bonds is 3. The van der Waals surface area contributed by atoms with Gasteiger partial charge in [0, 0.05) is 18.8 Å². The molecule has 1 aromatic rings. The number of anilines is 1. The summed E-state index contributed by atoms with van der Waals surface area (Å²) in [6, 6.07) is 2.42. The number of nitrogens with zero attached hydrogens (tertiary/aromatic N) is 1. The number of hydrogen-bond donors (Lipinski definition) is 2. The predicted octanol–water partition coefficient (Wildman–Crippen LogP) is 1.18. The van der Waals surface area contributed by atoms with E-state index >= 15 is 0 Å². The van der Waals surface area contributed by atoms with Crippen molar-refractivity contribution in [1.82, 2.24) is 4.57 Å². The van der Waals surface area contributed by atoms with Crippen LogP contribution in [0.2, 0.25) is 0 Å². The molecule has 1 heterocycles. The molecule has 0 saturated heterocycles. The van der Waals surface area contributed by atoms with Crippen molar-refractivity contribution in [3.63, 3.8) is 0 Å². The molecule has 5 nitrogen and oxygen atoms in total. The highest BCUT2D eigenvalue weighted by Crippen LogP contribution is 2.18. The fourth-order valence-corrected chi connectivity index (χ4v) is 1.47. The van der Waals surface area contributed by atoms with Crippen molar-refractivity contribution in [2.75, 3.05) is 5.32 Å². The molecular formula is C13H21N3O2. The lowest BCUT2D eigenvalue weighted by Crippen LogP contribution is -2.45. The summed E-state index contributed by atoms with van der Waals surface area (Å²) in [5, 5.41) is 2.73. The first kappa shape index (κ1) is 14.4. The molecule has 1 aromatic heterocycles. The molecule has 0 aliphatic carbocycles. The minimum Gasteiger partial charge on any atom is -0.323 e. The number of hydrogen-bond acceptors (Lipinski definition) is 3. The molecule has 5 heteroatoms. The van der Waals surface area contributed by atoms with Crippen LogP contribution in [0.25, 0.3) is 0 Å². The number of aromatic nitrogens is 1. The Balaban J connectivity index is 2.86. The van der Waals surface area contributed by atoms with Gasteiger partial charge in [0.25, 0.3) is 5.56 Å². The second kappa shape index (κ2) is 5.35. The van der Waals surface area contributed by atoms with Crippen molar-refractivity contribution < 1.29 is 4.79 Å². The predicted molar refractivity (Wildman–Crippen MR) is 72.4 cm³/mol. The topological polar surface area (TPSA) is 77.1 Å². The first-order valence-electron chi connectivity index (χ1n) is 6.02. The summed E-state index contributed by atoms with van der Waals surface area (Å²) in [5.41, 5.74) is 6.06. The van der Waals surface area contributed by atoms with Crippen LogP contribution in [-0.4, -0.2) is 16.5 Å². The summed E-state index contributed by atoms with van der Waals surface area (Å²) in [4.78, 5) is 23.3. The van der Waals surface area contributed by atoms with Crippen LogP contribution >= 0.6 is 0 Å². The van der Waals surface area contributed by atoms with Crippen molar-refractivity contribution in [2.24, 2.45) is 11.1 Å². The quantitative estimate of drug-likeness (QED) is 0.846. The molecule has 1 amide bonds. The van der Waals surface area contributed by atoms with Crippen molar-refractivity contribution in [2.45, 2.75) is 40.3 Å². The van der Waals surface area contributed by atoms with Crippen LogP contribution in [-0.2, 0) is 11.3 Å². The molecule has 3 N–H and O–H groups in total. The van der Waals surface area contributed by atoms with Crippen molar-refractivity contribution in [3.05, 3.63) is 28.7 Å². The standard InChI is InChI=1S/C13H21N3O2/c1-5-16-8-9(6-7-10(16)17)15-12(18)11(14)13(2,3)4/h6-8,11H,5,14H2,1-4H3,(H,15,18)/t11-/m0/s1. The average Bonchev–Trinajstić information content (AvgIpc) is 2.29. The minimum atomic E-state index is -0.598. The van der Waals surface area contributed by atoms with Crippen LogP contribution in [0, 0.1) is 5.41 Å². The molecule has 0 bridgehead atoms. The van der Waals surface area contributed by atoms with Gasteiger partial charge in [0.15, 0.2) is 0 Å². The number of carbonyl (C=O) groups excluding carboxylic acids is 1. The highest BCUT2D eigenvalue weighted by atomic mass is 16.2. The minimum absolute atomic E-state index is 0.0874. The van der Waals surface area contributed by atoms with E-state index in [-0.39, 0.29) is 16.9 Å². The summed E-state index contributed by atoms with van der Waals surface area (Å²) in [5.74, 6) is -0.246.